The molecule has 0 radical (unpaired) electrons. The topological polar surface area (TPSA) is 365 Å². The van der Waals surface area contributed by atoms with E-state index < -0.39 is 71.4 Å². The predicted octanol–water partition coefficient (Wildman–Crippen LogP) is 7.15. The molecule has 0 spiro atoms. The molecule has 604 valence electrons. The van der Waals surface area contributed by atoms with Crippen molar-refractivity contribution < 1.29 is 147 Å². The highest BCUT2D eigenvalue weighted by Crippen LogP contribution is 2.35. The highest BCUT2D eigenvalue weighted by atomic mass is 16.7. The van der Waals surface area contributed by atoms with Crippen molar-refractivity contribution in [1.82, 2.24) is 0 Å². The van der Waals surface area contributed by atoms with Crippen molar-refractivity contribution in [2.75, 3.05) is 198 Å². The fourth-order valence-electron chi connectivity index (χ4n) is 6.78. The monoisotopic (exact) mass is 1510 g/mol. The van der Waals surface area contributed by atoms with Gasteiger partial charge in [0.05, 0.1) is 124 Å². The van der Waals surface area contributed by atoms with E-state index in [0.29, 0.717) is 184 Å². The lowest BCUT2D eigenvalue weighted by Gasteiger charge is -2.43. The van der Waals surface area contributed by atoms with Crippen LogP contribution in [0.5, 0.6) is 0 Å². The number of rotatable bonds is 61. The van der Waals surface area contributed by atoms with Crippen LogP contribution in [-0.2, 0) is 147 Å². The molecular formula is C75H118O31. The molecule has 0 bridgehead atoms. The Labute approximate surface area is 625 Å². The van der Waals surface area contributed by atoms with Crippen LogP contribution in [0.3, 0.4) is 0 Å². The van der Waals surface area contributed by atoms with Gasteiger partial charge in [0.15, 0.2) is 6.29 Å². The van der Waals surface area contributed by atoms with Gasteiger partial charge in [0, 0.05) is 137 Å². The normalized spacial score (nSPS) is 13.2. The van der Waals surface area contributed by atoms with Gasteiger partial charge in [-0.15, -0.1) is 0 Å². The third-order valence-corrected chi connectivity index (χ3v) is 12.5. The van der Waals surface area contributed by atoms with Gasteiger partial charge in [-0.25, -0.2) is 47.9 Å². The predicted molar refractivity (Wildman–Crippen MR) is 388 cm³/mol. The van der Waals surface area contributed by atoms with Crippen LogP contribution < -0.4 is 0 Å². The molecule has 0 aliphatic carbocycles. The molecule has 1 rings (SSSR count). The summed E-state index contributed by atoms with van der Waals surface area (Å²) < 4.78 is 108. The van der Waals surface area contributed by atoms with Crippen LogP contribution in [0.4, 0.5) is 0 Å². The van der Waals surface area contributed by atoms with Crippen molar-refractivity contribution in [3.63, 3.8) is 0 Å². The molecule has 0 unspecified atom stereocenters. The minimum atomic E-state index is -0.505. The van der Waals surface area contributed by atoms with E-state index in [4.69, 9.17) is 90.0 Å². The zero-order valence-corrected chi connectivity index (χ0v) is 63.0. The number of hydrogen-bond acceptors (Lipinski definition) is 31. The summed E-state index contributed by atoms with van der Waals surface area (Å²) in [6.07, 6.45) is 14.8. The number of esters is 10. The van der Waals surface area contributed by atoms with E-state index in [9.17, 15) is 47.9 Å². The van der Waals surface area contributed by atoms with Crippen LogP contribution in [0.2, 0.25) is 0 Å². The molecule has 0 saturated carbocycles. The van der Waals surface area contributed by atoms with Crippen LogP contribution in [-0.4, -0.2) is 264 Å². The fourth-order valence-corrected chi connectivity index (χ4v) is 6.78. The molecule has 1 aliphatic rings. The smallest absolute Gasteiger partial charge is 0.330 e. The average molecular weight is 1520 g/mol. The maximum Gasteiger partial charge on any atom is 0.330 e. The molecule has 1 aliphatic heterocycles. The van der Waals surface area contributed by atoms with E-state index in [1.54, 1.807) is 0 Å². The molecule has 0 atom stereocenters. The number of carbonyl (C=O) groups is 10. The van der Waals surface area contributed by atoms with Crippen LogP contribution in [0.1, 0.15) is 73.1 Å². The SMILES string of the molecule is C=CC(=O)OCC1(CC)COC(C(C)(C)COC(=O)C=C)OC1.C=CC(=O)OCCCOCC(C)(C)COCCCOC(=O)C=C.C=CC(=O)OCCCOCCCOCCCOC(=O)C=C.C=CC(=O)OCCOCCOCCOC(=O)C=C.C=CC(=O)OCCOCCOCCOCCOC(=O)C=C. The van der Waals surface area contributed by atoms with Crippen molar-refractivity contribution in [3.8, 4) is 0 Å². The van der Waals surface area contributed by atoms with Gasteiger partial charge in [0.2, 0.25) is 0 Å². The van der Waals surface area contributed by atoms with E-state index in [-0.39, 0.29) is 50.5 Å². The zero-order chi connectivity index (χ0) is 80.2. The molecular weight excluding hydrogens is 1400 g/mol. The Morgan fingerprint density at radius 3 is 0.755 bits per heavy atom. The lowest BCUT2D eigenvalue weighted by molar-refractivity contribution is -0.280. The fraction of sp³-hybridized carbons (Fsp3) is 0.600. The summed E-state index contributed by atoms with van der Waals surface area (Å²) in [5.74, 6) is -4.49. The van der Waals surface area contributed by atoms with Crippen LogP contribution in [0.25, 0.3) is 0 Å². The van der Waals surface area contributed by atoms with Gasteiger partial charge >= 0.3 is 59.7 Å². The van der Waals surface area contributed by atoms with E-state index in [1.807, 2.05) is 34.6 Å². The second-order valence-electron chi connectivity index (χ2n) is 22.7. The first-order valence-corrected chi connectivity index (χ1v) is 34.2. The molecule has 0 amide bonds. The second kappa shape index (κ2) is 73.6. The number of ether oxygens (including phenoxy) is 21. The number of hydrogen-bond donors (Lipinski definition) is 0. The second-order valence-corrected chi connectivity index (χ2v) is 22.7. The van der Waals surface area contributed by atoms with Gasteiger partial charge in [0.25, 0.3) is 0 Å². The first-order chi connectivity index (χ1) is 50.8. The Kier molecular flexibility index (Phi) is 72.2. The Bertz CT molecular complexity index is 2310. The van der Waals surface area contributed by atoms with Gasteiger partial charge in [-0.3, -0.25) is 0 Å². The lowest BCUT2D eigenvalue weighted by Crippen LogP contribution is -2.50. The van der Waals surface area contributed by atoms with Gasteiger partial charge in [-0.2, -0.15) is 0 Å². The molecule has 106 heavy (non-hydrogen) atoms. The van der Waals surface area contributed by atoms with Gasteiger partial charge in [-0.1, -0.05) is 100 Å². The molecule has 0 aromatic heterocycles. The molecule has 1 saturated heterocycles. The summed E-state index contributed by atoms with van der Waals surface area (Å²) >= 11 is 0. The maximum atomic E-state index is 11.2. The molecule has 1 fully saturated rings. The summed E-state index contributed by atoms with van der Waals surface area (Å²) in [5.41, 5.74) is -0.991. The molecule has 31 heteroatoms. The van der Waals surface area contributed by atoms with E-state index >= 15 is 0 Å². The van der Waals surface area contributed by atoms with Gasteiger partial charge < -0.3 is 99.5 Å². The van der Waals surface area contributed by atoms with E-state index in [0.717, 1.165) is 73.6 Å². The summed E-state index contributed by atoms with van der Waals surface area (Å²) in [6, 6.07) is 0. The summed E-state index contributed by atoms with van der Waals surface area (Å²) in [7, 11) is 0. The van der Waals surface area contributed by atoms with E-state index in [2.05, 4.69) is 75.3 Å². The molecule has 31 nitrogen and oxygen atoms in total. The minimum Gasteiger partial charge on any atom is -0.462 e. The minimum absolute atomic E-state index is 0.115. The quantitative estimate of drug-likeness (QED) is 0.0252. The Balaban J connectivity index is -0.000000615. The Morgan fingerprint density at radius 2 is 0.500 bits per heavy atom. The van der Waals surface area contributed by atoms with Crippen molar-refractivity contribution in [3.05, 3.63) is 127 Å². The van der Waals surface area contributed by atoms with Crippen molar-refractivity contribution >= 4 is 59.7 Å². The molecule has 0 aromatic rings. The van der Waals surface area contributed by atoms with E-state index in [1.165, 1.54) is 0 Å². The highest BCUT2D eigenvalue weighted by molar-refractivity contribution is 5.84. The third kappa shape index (κ3) is 71.3. The summed E-state index contributed by atoms with van der Waals surface area (Å²) in [6.45, 7) is 54.2. The first-order valence-electron chi connectivity index (χ1n) is 34.2. The highest BCUT2D eigenvalue weighted by Gasteiger charge is 2.43. The number of carbonyl (C=O) groups excluding carboxylic acids is 10. The third-order valence-electron chi connectivity index (χ3n) is 12.5. The van der Waals surface area contributed by atoms with Crippen LogP contribution in [0.15, 0.2) is 127 Å². The Morgan fingerprint density at radius 1 is 0.292 bits per heavy atom. The molecule has 1 heterocycles. The van der Waals surface area contributed by atoms with Crippen molar-refractivity contribution in [2.24, 2.45) is 16.2 Å². The standard InChI is InChI=1S/C17H26O6.C17H28O6.C15H24O6.C14H22O7.C12H18O6/c1-6-13(18)20-9-16(4,5)15-22-11-17(8-3,12-23-15)10-21-14(19)7-2;1-5-15(18)22-11-7-9-20-13-17(3,4)14-21-10-8-12-23-16(19)6-2;1-3-14(16)20-12-6-10-18-8-5-9-19-11-7-13-21-15(17)4-2;1-3-13(15)20-11-9-18-7-5-17-6-8-19-10-12-21-14(16)4-2;1-3-11(13)17-9-7-15-5-6-16-8-10-18-12(14)4-2/h6-7,15H,1-2,8-12H2,3-5H3;5-6H,1-2,7-14H2,3-4H3;3-4H,1-2,5-13H2;3-4H,1-2,5-12H2;3-4H,1-2,5-10H2. The largest absolute Gasteiger partial charge is 0.462 e. The Hall–Kier alpha value is -8.34. The van der Waals surface area contributed by atoms with Crippen LogP contribution >= 0.6 is 0 Å². The summed E-state index contributed by atoms with van der Waals surface area (Å²) in [4.78, 5) is 108. The first kappa shape index (κ1) is 104. The lowest BCUT2D eigenvalue weighted by atomic mass is 9.85. The molecule has 0 aromatic carbocycles. The van der Waals surface area contributed by atoms with Crippen molar-refractivity contribution in [2.45, 2.75) is 79.4 Å². The summed E-state index contributed by atoms with van der Waals surface area (Å²) in [5, 5.41) is 0. The average Bonchev–Trinajstić information content (AvgIpc) is 0.811. The maximum absolute atomic E-state index is 11.2. The van der Waals surface area contributed by atoms with Crippen LogP contribution in [0, 0.1) is 16.2 Å². The van der Waals surface area contributed by atoms with Crippen molar-refractivity contribution in [1.29, 1.82) is 0 Å². The molecule has 0 N–H and O–H groups in total. The van der Waals surface area contributed by atoms with Gasteiger partial charge in [-0.05, 0) is 12.8 Å². The zero-order valence-electron chi connectivity index (χ0n) is 63.0. The van der Waals surface area contributed by atoms with Gasteiger partial charge in [0.1, 0.15) is 39.6 Å².